The van der Waals surface area contributed by atoms with Crippen LogP contribution in [0.1, 0.15) is 13.3 Å². The Labute approximate surface area is 118 Å². The van der Waals surface area contributed by atoms with Crippen LogP contribution < -0.4 is 9.47 Å². The van der Waals surface area contributed by atoms with Crippen LogP contribution in [0.15, 0.2) is 30.0 Å². The van der Waals surface area contributed by atoms with Crippen LogP contribution >= 0.6 is 11.6 Å². The van der Waals surface area contributed by atoms with Crippen molar-refractivity contribution in [2.45, 2.75) is 13.3 Å². The third kappa shape index (κ3) is 4.17. The monoisotopic (exact) mass is 283 g/mol. The Hall–Kier alpha value is -1.68. The third-order valence-electron chi connectivity index (χ3n) is 2.41. The first-order chi connectivity index (χ1) is 8.99. The van der Waals surface area contributed by atoms with Gasteiger partial charge in [-0.05, 0) is 18.6 Å². The van der Waals surface area contributed by atoms with E-state index in [2.05, 4.69) is 0 Å². The molecule has 0 saturated carbocycles. The number of rotatable bonds is 5. The number of carbonyl (C=O) groups excluding carboxylic acids is 1. The van der Waals surface area contributed by atoms with Crippen molar-refractivity contribution in [3.63, 3.8) is 0 Å². The van der Waals surface area contributed by atoms with Gasteiger partial charge in [-0.25, -0.2) is 4.79 Å². The van der Waals surface area contributed by atoms with Crippen molar-refractivity contribution in [2.24, 2.45) is 0 Å². The largest absolute Gasteiger partial charge is 0.495 e. The second-order valence-electron chi connectivity index (χ2n) is 4.13. The molecule has 0 unspecified atom stereocenters. The van der Waals surface area contributed by atoms with E-state index in [9.17, 15) is 4.79 Å². The summed E-state index contributed by atoms with van der Waals surface area (Å²) in [4.78, 5) is 13.8. The minimum Gasteiger partial charge on any atom is -0.495 e. The van der Waals surface area contributed by atoms with E-state index in [-0.39, 0.29) is 0 Å². The average molecular weight is 284 g/mol. The summed E-state index contributed by atoms with van der Waals surface area (Å²) < 4.78 is 10.4. The number of hydrogen-bond acceptors (Lipinski definition) is 4. The van der Waals surface area contributed by atoms with Gasteiger partial charge in [0.15, 0.2) is 5.75 Å². The summed E-state index contributed by atoms with van der Waals surface area (Å²) in [5.74, 6) is 0.358. The molecule has 0 aliphatic carbocycles. The number of halogens is 1. The number of carbonyl (C=O) groups is 1. The van der Waals surface area contributed by atoms with E-state index in [1.807, 2.05) is 21.0 Å². The minimum absolute atomic E-state index is 0.290. The first-order valence-corrected chi connectivity index (χ1v) is 6.29. The van der Waals surface area contributed by atoms with Crippen LogP contribution in [-0.4, -0.2) is 32.1 Å². The molecule has 0 aliphatic heterocycles. The molecule has 1 rings (SSSR count). The van der Waals surface area contributed by atoms with Gasteiger partial charge in [-0.3, -0.25) is 0 Å². The molecule has 0 heterocycles. The summed E-state index contributed by atoms with van der Waals surface area (Å²) in [6, 6.07) is 5.05. The standard InChI is InChI=1S/C14H18ClNO3/c1-5-10(9-16(2)3)14(17)19-12-8-6-7-11(18-4)13(12)15/h6-9H,5H2,1-4H3. The molecular formula is C14H18ClNO3. The smallest absolute Gasteiger partial charge is 0.340 e. The summed E-state index contributed by atoms with van der Waals surface area (Å²) in [5, 5.41) is 0.290. The maximum atomic E-state index is 12.0. The normalized spacial score (nSPS) is 11.1. The van der Waals surface area contributed by atoms with Gasteiger partial charge in [0.1, 0.15) is 10.8 Å². The fourth-order valence-corrected chi connectivity index (χ4v) is 1.73. The number of ether oxygens (including phenoxy) is 2. The van der Waals surface area contributed by atoms with Gasteiger partial charge in [-0.1, -0.05) is 24.6 Å². The summed E-state index contributed by atoms with van der Waals surface area (Å²) in [6.07, 6.45) is 2.31. The van der Waals surface area contributed by atoms with E-state index in [4.69, 9.17) is 21.1 Å². The quantitative estimate of drug-likeness (QED) is 0.473. The number of benzene rings is 1. The summed E-state index contributed by atoms with van der Waals surface area (Å²) in [6.45, 7) is 1.89. The molecule has 0 N–H and O–H groups in total. The molecule has 4 nitrogen and oxygen atoms in total. The first-order valence-electron chi connectivity index (χ1n) is 5.91. The lowest BCUT2D eigenvalue weighted by Crippen LogP contribution is -2.14. The molecule has 1 aromatic carbocycles. The zero-order valence-corrected chi connectivity index (χ0v) is 12.3. The molecule has 0 fully saturated rings. The molecule has 0 atom stereocenters. The lowest BCUT2D eigenvalue weighted by Gasteiger charge is -2.12. The van der Waals surface area contributed by atoms with Gasteiger partial charge in [0.2, 0.25) is 0 Å². The minimum atomic E-state index is -0.411. The van der Waals surface area contributed by atoms with Crippen molar-refractivity contribution in [2.75, 3.05) is 21.2 Å². The van der Waals surface area contributed by atoms with E-state index < -0.39 is 5.97 Å². The fourth-order valence-electron chi connectivity index (χ4n) is 1.49. The highest BCUT2D eigenvalue weighted by Crippen LogP contribution is 2.33. The summed E-state index contributed by atoms with van der Waals surface area (Å²) >= 11 is 6.07. The highest BCUT2D eigenvalue weighted by molar-refractivity contribution is 6.33. The van der Waals surface area contributed by atoms with Crippen molar-refractivity contribution >= 4 is 17.6 Å². The van der Waals surface area contributed by atoms with Crippen LogP contribution in [0.3, 0.4) is 0 Å². The van der Waals surface area contributed by atoms with E-state index in [1.165, 1.54) is 7.11 Å². The molecule has 0 saturated heterocycles. The second kappa shape index (κ2) is 7.04. The highest BCUT2D eigenvalue weighted by Gasteiger charge is 2.15. The van der Waals surface area contributed by atoms with Crippen LogP contribution in [0.2, 0.25) is 5.02 Å². The van der Waals surface area contributed by atoms with Crippen LogP contribution in [0.4, 0.5) is 0 Å². The molecule has 0 radical (unpaired) electrons. The van der Waals surface area contributed by atoms with Crippen molar-refractivity contribution in [3.8, 4) is 11.5 Å². The Morgan fingerprint density at radius 3 is 2.53 bits per heavy atom. The van der Waals surface area contributed by atoms with Gasteiger partial charge < -0.3 is 14.4 Å². The number of methoxy groups -OCH3 is 1. The number of nitrogens with zero attached hydrogens (tertiary/aromatic N) is 1. The Balaban J connectivity index is 2.93. The van der Waals surface area contributed by atoms with E-state index in [1.54, 1.807) is 29.3 Å². The van der Waals surface area contributed by atoms with Gasteiger partial charge in [-0.15, -0.1) is 0 Å². The van der Waals surface area contributed by atoms with Crippen molar-refractivity contribution < 1.29 is 14.3 Å². The van der Waals surface area contributed by atoms with Gasteiger partial charge in [0.25, 0.3) is 0 Å². The number of esters is 1. The van der Waals surface area contributed by atoms with Gasteiger partial charge in [0, 0.05) is 20.3 Å². The molecule has 0 bridgehead atoms. The molecular weight excluding hydrogens is 266 g/mol. The Kier molecular flexibility index (Phi) is 5.70. The van der Waals surface area contributed by atoms with Crippen LogP contribution in [-0.2, 0) is 4.79 Å². The molecule has 104 valence electrons. The van der Waals surface area contributed by atoms with Crippen molar-refractivity contribution in [3.05, 3.63) is 35.0 Å². The van der Waals surface area contributed by atoms with Gasteiger partial charge >= 0.3 is 5.97 Å². The number of hydrogen-bond donors (Lipinski definition) is 0. The van der Waals surface area contributed by atoms with Crippen LogP contribution in [0.25, 0.3) is 0 Å². The Bertz CT molecular complexity index is 484. The predicted molar refractivity (Wildman–Crippen MR) is 75.7 cm³/mol. The molecule has 1 aromatic rings. The molecule has 5 heteroatoms. The summed E-state index contributed by atoms with van der Waals surface area (Å²) in [7, 11) is 5.21. The molecule has 0 aromatic heterocycles. The van der Waals surface area contributed by atoms with E-state index in [0.29, 0.717) is 28.5 Å². The zero-order valence-electron chi connectivity index (χ0n) is 11.6. The topological polar surface area (TPSA) is 38.8 Å². The predicted octanol–water partition coefficient (Wildman–Crippen LogP) is 3.11. The van der Waals surface area contributed by atoms with Crippen LogP contribution in [0, 0.1) is 0 Å². The van der Waals surface area contributed by atoms with Gasteiger partial charge in [0.05, 0.1) is 12.7 Å². The first kappa shape index (κ1) is 15.4. The Morgan fingerprint density at radius 1 is 1.37 bits per heavy atom. The van der Waals surface area contributed by atoms with Crippen molar-refractivity contribution in [1.29, 1.82) is 0 Å². The van der Waals surface area contributed by atoms with Gasteiger partial charge in [-0.2, -0.15) is 0 Å². The molecule has 0 spiro atoms. The van der Waals surface area contributed by atoms with Crippen molar-refractivity contribution in [1.82, 2.24) is 4.90 Å². The molecule has 0 aliphatic rings. The average Bonchev–Trinajstić information content (AvgIpc) is 2.38. The molecule has 19 heavy (non-hydrogen) atoms. The lowest BCUT2D eigenvalue weighted by atomic mass is 10.2. The molecule has 0 amide bonds. The maximum absolute atomic E-state index is 12.0. The Morgan fingerprint density at radius 2 is 2.00 bits per heavy atom. The zero-order chi connectivity index (χ0) is 14.4. The van der Waals surface area contributed by atoms with E-state index in [0.717, 1.165) is 0 Å². The highest BCUT2D eigenvalue weighted by atomic mass is 35.5. The third-order valence-corrected chi connectivity index (χ3v) is 2.78. The summed E-state index contributed by atoms with van der Waals surface area (Å²) in [5.41, 5.74) is 0.573. The van der Waals surface area contributed by atoms with E-state index >= 15 is 0 Å². The van der Waals surface area contributed by atoms with Crippen LogP contribution in [0.5, 0.6) is 11.5 Å². The SMILES string of the molecule is CCC(=CN(C)C)C(=O)Oc1cccc(OC)c1Cl. The second-order valence-corrected chi connectivity index (χ2v) is 4.51. The fraction of sp³-hybridized carbons (Fsp3) is 0.357. The maximum Gasteiger partial charge on any atom is 0.340 e. The lowest BCUT2D eigenvalue weighted by molar-refractivity contribution is -0.130.